The Morgan fingerprint density at radius 3 is 2.27 bits per heavy atom. The van der Waals surface area contributed by atoms with E-state index in [0.29, 0.717) is 41.0 Å². The zero-order valence-corrected chi connectivity index (χ0v) is 20.3. The van der Waals surface area contributed by atoms with Crippen LogP contribution in [-0.4, -0.2) is 52.4 Å². The van der Waals surface area contributed by atoms with Crippen LogP contribution in [0.4, 0.5) is 11.4 Å². The molecule has 0 radical (unpaired) electrons. The molecule has 0 saturated carbocycles. The summed E-state index contributed by atoms with van der Waals surface area (Å²) in [5.74, 6) is -2.47. The van der Waals surface area contributed by atoms with Gasteiger partial charge >= 0.3 is 11.9 Å². The first-order valence-electron chi connectivity index (χ1n) is 11.1. The summed E-state index contributed by atoms with van der Waals surface area (Å²) in [6.07, 6.45) is 0. The molecule has 190 valence electrons. The number of hydrogen-bond acceptors (Lipinski definition) is 7. The minimum absolute atomic E-state index is 0.178. The summed E-state index contributed by atoms with van der Waals surface area (Å²) in [5.41, 5.74) is 0.116. The molecule has 0 bridgehead atoms. The van der Waals surface area contributed by atoms with Crippen molar-refractivity contribution in [2.45, 2.75) is 17.1 Å². The topological polar surface area (TPSA) is 151 Å². The lowest BCUT2D eigenvalue weighted by molar-refractivity contribution is -0.115. The highest BCUT2D eigenvalue weighted by atomic mass is 32.2. The van der Waals surface area contributed by atoms with Gasteiger partial charge in [0.1, 0.15) is 13.2 Å². The number of fused-ring (bicyclic) bond motifs is 1. The number of benzene rings is 3. The number of carbonyl (C=O) groups is 4. The quantitative estimate of drug-likeness (QED) is 0.319. The molecule has 37 heavy (non-hydrogen) atoms. The van der Waals surface area contributed by atoms with Crippen molar-refractivity contribution in [3.63, 3.8) is 0 Å². The molecule has 0 aromatic heterocycles. The summed E-state index contributed by atoms with van der Waals surface area (Å²) >= 11 is 1.27. The Labute approximate surface area is 215 Å². The molecular formula is C26H22N2O8S. The van der Waals surface area contributed by atoms with Crippen molar-refractivity contribution < 1.29 is 38.9 Å². The van der Waals surface area contributed by atoms with E-state index in [2.05, 4.69) is 10.6 Å². The molecule has 0 spiro atoms. The van der Waals surface area contributed by atoms with Crippen LogP contribution in [0.5, 0.6) is 11.5 Å². The zero-order chi connectivity index (χ0) is 26.5. The van der Waals surface area contributed by atoms with E-state index < -0.39 is 28.7 Å². The number of anilines is 2. The average molecular weight is 523 g/mol. The van der Waals surface area contributed by atoms with Gasteiger partial charge in [0.15, 0.2) is 11.5 Å². The molecule has 1 unspecified atom stereocenters. The molecule has 3 aromatic rings. The van der Waals surface area contributed by atoms with Crippen LogP contribution in [0.15, 0.2) is 65.6 Å². The lowest BCUT2D eigenvalue weighted by Gasteiger charge is -2.19. The first-order chi connectivity index (χ1) is 17.7. The van der Waals surface area contributed by atoms with Crippen LogP contribution >= 0.6 is 11.8 Å². The van der Waals surface area contributed by atoms with Gasteiger partial charge in [-0.15, -0.1) is 11.8 Å². The Balaban J connectivity index is 1.42. The summed E-state index contributed by atoms with van der Waals surface area (Å²) in [6.45, 7) is 2.66. The number of rotatable bonds is 8. The van der Waals surface area contributed by atoms with E-state index in [1.165, 1.54) is 11.8 Å². The van der Waals surface area contributed by atoms with Crippen LogP contribution < -0.4 is 20.1 Å². The molecule has 4 rings (SSSR count). The fraction of sp³-hybridized carbons (Fsp3) is 0.154. The fourth-order valence-electron chi connectivity index (χ4n) is 3.52. The molecule has 0 saturated heterocycles. The maximum atomic E-state index is 12.8. The summed E-state index contributed by atoms with van der Waals surface area (Å²) in [5, 5.41) is 23.5. The maximum absolute atomic E-state index is 12.8. The third-order valence-corrected chi connectivity index (χ3v) is 6.42. The lowest BCUT2D eigenvalue weighted by Crippen LogP contribution is -2.22. The second-order valence-corrected chi connectivity index (χ2v) is 9.37. The number of amides is 2. The van der Waals surface area contributed by atoms with E-state index in [9.17, 15) is 24.3 Å². The highest BCUT2D eigenvalue weighted by Crippen LogP contribution is 2.33. The number of hydrogen-bond donors (Lipinski definition) is 4. The van der Waals surface area contributed by atoms with E-state index in [4.69, 9.17) is 14.6 Å². The maximum Gasteiger partial charge on any atom is 0.336 e. The molecule has 11 heteroatoms. The summed E-state index contributed by atoms with van der Waals surface area (Å²) in [7, 11) is 0. The molecule has 10 nitrogen and oxygen atoms in total. The molecule has 4 N–H and O–H groups in total. The van der Waals surface area contributed by atoms with Gasteiger partial charge in [-0.3, -0.25) is 9.59 Å². The number of ether oxygens (including phenoxy) is 2. The molecule has 3 aromatic carbocycles. The minimum atomic E-state index is -1.42. The van der Waals surface area contributed by atoms with Gasteiger partial charge in [0, 0.05) is 22.3 Å². The molecule has 2 amide bonds. The monoisotopic (exact) mass is 522 g/mol. The highest BCUT2D eigenvalue weighted by molar-refractivity contribution is 8.00. The fourth-order valence-corrected chi connectivity index (χ4v) is 4.45. The van der Waals surface area contributed by atoms with Crippen molar-refractivity contribution in [3.05, 3.63) is 77.4 Å². The van der Waals surface area contributed by atoms with Gasteiger partial charge < -0.3 is 30.3 Å². The minimum Gasteiger partial charge on any atom is -0.486 e. The SMILES string of the molecule is CC(Sc1cccc(NC(=O)c2ccc(C(=O)O)cc2C(=O)O)c1)C(=O)Nc1ccc2c(c1)OCCO2. The first kappa shape index (κ1) is 25.6. The van der Waals surface area contributed by atoms with Gasteiger partial charge in [-0.05, 0) is 55.5 Å². The van der Waals surface area contributed by atoms with E-state index >= 15 is 0 Å². The Bertz CT molecular complexity index is 1390. The Hall–Kier alpha value is -4.51. The Kier molecular flexibility index (Phi) is 7.63. The standard InChI is InChI=1S/C26H22N2O8S/c1-14(23(29)27-17-6-8-21-22(13-17)36-10-9-35-21)37-18-4-2-3-16(12-18)28-24(30)19-7-5-15(25(31)32)11-20(19)26(33)34/h2-8,11-14H,9-10H2,1H3,(H,27,29)(H,28,30)(H,31,32)(H,33,34). The van der Waals surface area contributed by atoms with Gasteiger partial charge in [-0.1, -0.05) is 6.07 Å². The van der Waals surface area contributed by atoms with Gasteiger partial charge in [0.25, 0.3) is 5.91 Å². The van der Waals surface area contributed by atoms with Crippen LogP contribution in [0.3, 0.4) is 0 Å². The average Bonchev–Trinajstić information content (AvgIpc) is 2.88. The number of nitrogens with one attached hydrogen (secondary N) is 2. The molecule has 0 fully saturated rings. The van der Waals surface area contributed by atoms with Crippen molar-refractivity contribution >= 4 is 46.9 Å². The first-order valence-corrected chi connectivity index (χ1v) is 12.0. The predicted molar refractivity (Wildman–Crippen MR) is 136 cm³/mol. The van der Waals surface area contributed by atoms with Crippen molar-refractivity contribution in [2.75, 3.05) is 23.8 Å². The number of carboxylic acids is 2. The van der Waals surface area contributed by atoms with Crippen LogP contribution in [0.1, 0.15) is 38.0 Å². The van der Waals surface area contributed by atoms with Crippen molar-refractivity contribution in [2.24, 2.45) is 0 Å². The number of carbonyl (C=O) groups excluding carboxylic acids is 2. The summed E-state index contributed by atoms with van der Waals surface area (Å²) in [4.78, 5) is 48.9. The van der Waals surface area contributed by atoms with Crippen molar-refractivity contribution in [1.82, 2.24) is 0 Å². The van der Waals surface area contributed by atoms with Crippen LogP contribution in [-0.2, 0) is 4.79 Å². The Morgan fingerprint density at radius 2 is 1.54 bits per heavy atom. The zero-order valence-electron chi connectivity index (χ0n) is 19.5. The highest BCUT2D eigenvalue weighted by Gasteiger charge is 2.20. The molecule has 1 aliphatic rings. The summed E-state index contributed by atoms with van der Waals surface area (Å²) < 4.78 is 11.0. The number of thioether (sulfide) groups is 1. The molecular weight excluding hydrogens is 500 g/mol. The third kappa shape index (κ3) is 6.19. The van der Waals surface area contributed by atoms with Gasteiger partial charge in [0.2, 0.25) is 5.91 Å². The number of aromatic carboxylic acids is 2. The molecule has 1 heterocycles. The van der Waals surface area contributed by atoms with Gasteiger partial charge in [-0.25, -0.2) is 9.59 Å². The van der Waals surface area contributed by atoms with E-state index in [1.54, 1.807) is 49.4 Å². The summed E-state index contributed by atoms with van der Waals surface area (Å²) in [6, 6.07) is 15.2. The van der Waals surface area contributed by atoms with Crippen LogP contribution in [0.2, 0.25) is 0 Å². The van der Waals surface area contributed by atoms with Gasteiger partial charge in [0.05, 0.1) is 21.9 Å². The van der Waals surface area contributed by atoms with E-state index in [0.717, 1.165) is 18.2 Å². The van der Waals surface area contributed by atoms with E-state index in [1.807, 2.05) is 0 Å². The third-order valence-electron chi connectivity index (χ3n) is 5.33. The smallest absolute Gasteiger partial charge is 0.336 e. The normalized spacial score (nSPS) is 12.8. The predicted octanol–water partition coefficient (Wildman–Crippen LogP) is 4.23. The molecule has 1 aliphatic heterocycles. The van der Waals surface area contributed by atoms with E-state index in [-0.39, 0.29) is 17.0 Å². The second-order valence-electron chi connectivity index (χ2n) is 7.96. The molecule has 0 aliphatic carbocycles. The largest absolute Gasteiger partial charge is 0.486 e. The van der Waals surface area contributed by atoms with Crippen LogP contribution in [0.25, 0.3) is 0 Å². The number of carboxylic acid groups (broad SMARTS) is 2. The second kappa shape index (κ2) is 11.0. The molecule has 1 atom stereocenters. The van der Waals surface area contributed by atoms with Gasteiger partial charge in [-0.2, -0.15) is 0 Å². The van der Waals surface area contributed by atoms with Crippen molar-refractivity contribution in [1.29, 1.82) is 0 Å². The Morgan fingerprint density at radius 1 is 0.811 bits per heavy atom. The van der Waals surface area contributed by atoms with Crippen LogP contribution in [0, 0.1) is 0 Å². The lowest BCUT2D eigenvalue weighted by atomic mass is 10.0. The van der Waals surface area contributed by atoms with Crippen molar-refractivity contribution in [3.8, 4) is 11.5 Å².